The summed E-state index contributed by atoms with van der Waals surface area (Å²) in [5.41, 5.74) is 6.99. The molecule has 1 aliphatic rings. The second-order valence-corrected chi connectivity index (χ2v) is 20.2. The van der Waals surface area contributed by atoms with Crippen LogP contribution in [0.25, 0.3) is 44.7 Å². The van der Waals surface area contributed by atoms with Gasteiger partial charge in [0.1, 0.15) is 50.2 Å². The van der Waals surface area contributed by atoms with Crippen LogP contribution in [0, 0.1) is 0 Å². The van der Waals surface area contributed by atoms with Gasteiger partial charge in [-0.05, 0) is 112 Å². The van der Waals surface area contributed by atoms with Gasteiger partial charge in [-0.2, -0.15) is 49.8 Å². The number of nitrogens with one attached hydrogen (secondary N) is 9. The highest BCUT2D eigenvalue weighted by molar-refractivity contribution is 7.09. The van der Waals surface area contributed by atoms with Crippen LogP contribution in [0.5, 0.6) is 6.01 Å². The predicted octanol–water partition coefficient (Wildman–Crippen LogP) is 11.1. The number of pyridine rings is 1. The van der Waals surface area contributed by atoms with Gasteiger partial charge in [0.15, 0.2) is 51.7 Å². The Morgan fingerprint density at radius 2 is 0.943 bits per heavy atom. The van der Waals surface area contributed by atoms with E-state index in [1.165, 1.54) is 7.11 Å². The lowest BCUT2D eigenvalue weighted by atomic mass is 10.2. The lowest BCUT2D eigenvalue weighted by molar-refractivity contribution is 0.386. The molecule has 15 rings (SSSR count). The topological polar surface area (TPSA) is 391 Å². The Bertz CT molecular complexity index is 4420. The van der Waals surface area contributed by atoms with Gasteiger partial charge in [0.2, 0.25) is 26.4 Å². The van der Waals surface area contributed by atoms with E-state index in [4.69, 9.17) is 76.0 Å². The Morgan fingerprint density at radius 1 is 0.489 bits per heavy atom. The van der Waals surface area contributed by atoms with Gasteiger partial charge in [0, 0.05) is 48.7 Å². The molecular weight excluding hydrogens is 1260 g/mol. The highest BCUT2D eigenvalue weighted by Crippen LogP contribution is 2.30. The molecular formula is C52H43Cl5N26O4S. The van der Waals surface area contributed by atoms with Crippen LogP contribution < -0.4 is 31.3 Å². The van der Waals surface area contributed by atoms with Crippen LogP contribution in [0.2, 0.25) is 26.4 Å². The first kappa shape index (κ1) is 59.5. The van der Waals surface area contributed by atoms with E-state index < -0.39 is 0 Å². The number of rotatable bonds is 16. The van der Waals surface area contributed by atoms with Gasteiger partial charge in [-0.3, -0.25) is 4.98 Å². The molecule has 0 atom stereocenters. The van der Waals surface area contributed by atoms with Crippen molar-refractivity contribution in [1.82, 2.24) is 99.7 Å². The van der Waals surface area contributed by atoms with Gasteiger partial charge in [-0.1, -0.05) is 0 Å². The molecule has 14 aromatic rings. The monoisotopic (exact) mass is 1300 g/mol. The number of imidazole rings is 4. The second-order valence-electron chi connectivity index (χ2n) is 17.6. The summed E-state index contributed by atoms with van der Waals surface area (Å²) in [7, 11) is 1.52. The standard InChI is InChI=1S/C11H9ClN6.C11H10ClN5O2.C11H9ClN4O.C10H8ClN5O.C9H7ClN6S/c12-11-17-9(8-10(18-11)16-6-15-8)14-5-7-1-3-13-4-2-7;1-18-11-14-7-8(13-5-6-3-2-4-19-6)15-10(12)16-9(7)17-11;12-11-15-9-8(3-4-13-9)10(16-11)14-6-7-2-1-5-17-7;11-10-15-8(7-9(16-10)14-5-13-7)12-4-6-2-1-3-17-6;10-9-15-7(6-8(16-9)14-4-13-6)12-3-5-11-1-2-17-5/h1-4,6H,5H2,(H2,14,15,16,17,18);2-4H,5H2,1H3,(H2,13,14,15,16,17);1-2,4-5H,3,6H2,(H,14,15,16);1-3,5H,4H2,(H2,12,13,14,15,16);1-2,4H,3H2,(H2,12,13,14,15,16). The van der Waals surface area contributed by atoms with Gasteiger partial charge < -0.3 is 64.5 Å². The van der Waals surface area contributed by atoms with Crippen LogP contribution >= 0.6 is 69.3 Å². The number of fused-ring (bicyclic) bond motifs is 5. The van der Waals surface area contributed by atoms with Gasteiger partial charge in [0.05, 0.1) is 71.1 Å². The minimum absolute atomic E-state index is 0.114. The molecule has 0 saturated heterocycles. The van der Waals surface area contributed by atoms with Crippen molar-refractivity contribution in [3.8, 4) is 6.01 Å². The van der Waals surface area contributed by atoms with Crippen molar-refractivity contribution < 1.29 is 18.0 Å². The smallest absolute Gasteiger partial charge is 0.295 e. The van der Waals surface area contributed by atoms with E-state index in [2.05, 4.69) is 131 Å². The summed E-state index contributed by atoms with van der Waals surface area (Å²) in [6, 6.07) is 15.3. The summed E-state index contributed by atoms with van der Waals surface area (Å²) >= 11 is 30.7. The first-order valence-corrected chi connectivity index (χ1v) is 28.5. The first-order chi connectivity index (χ1) is 43.1. The Morgan fingerprint density at radius 3 is 1.42 bits per heavy atom. The molecule has 14 aromatic heterocycles. The number of H-pyrrole nitrogens is 4. The molecule has 0 fully saturated rings. The highest BCUT2D eigenvalue weighted by Gasteiger charge is 2.18. The van der Waals surface area contributed by atoms with Crippen LogP contribution in [-0.4, -0.2) is 113 Å². The molecule has 0 aliphatic carbocycles. The maximum absolute atomic E-state index is 5.86. The Labute approximate surface area is 523 Å². The number of aromatic amines is 4. The lowest BCUT2D eigenvalue weighted by Gasteiger charge is -2.08. The van der Waals surface area contributed by atoms with E-state index in [9.17, 15) is 0 Å². The van der Waals surface area contributed by atoms with Crippen molar-refractivity contribution in [3.05, 3.63) is 170 Å². The molecule has 0 saturated carbocycles. The molecule has 9 N–H and O–H groups in total. The maximum Gasteiger partial charge on any atom is 0.295 e. The number of anilines is 5. The zero-order valence-corrected chi connectivity index (χ0v) is 49.8. The van der Waals surface area contributed by atoms with Crippen molar-refractivity contribution in [2.75, 3.05) is 33.7 Å². The number of aromatic nitrogens is 20. The number of hydrogen-bond acceptors (Lipinski definition) is 27. The number of aliphatic imine (C=N–C) groups is 1. The van der Waals surface area contributed by atoms with Crippen LogP contribution in [-0.2, 0) is 39.1 Å². The first-order valence-electron chi connectivity index (χ1n) is 25.8. The summed E-state index contributed by atoms with van der Waals surface area (Å²) < 4.78 is 20.7. The molecule has 0 radical (unpaired) electrons. The average molecular weight is 1310 g/mol. The third kappa shape index (κ3) is 15.6. The quantitative estimate of drug-likeness (QED) is 0.0406. The van der Waals surface area contributed by atoms with Gasteiger partial charge in [-0.15, -0.1) is 11.3 Å². The minimum Gasteiger partial charge on any atom is -0.468 e. The van der Waals surface area contributed by atoms with E-state index in [0.717, 1.165) is 56.4 Å². The Kier molecular flexibility index (Phi) is 19.5. The molecule has 88 heavy (non-hydrogen) atoms. The molecule has 36 heteroatoms. The van der Waals surface area contributed by atoms with E-state index in [-0.39, 0.29) is 26.4 Å². The zero-order valence-electron chi connectivity index (χ0n) is 45.2. The molecule has 30 nitrogen and oxygen atoms in total. The largest absolute Gasteiger partial charge is 0.468 e. The third-order valence-corrected chi connectivity index (χ3v) is 13.5. The normalized spacial score (nSPS) is 11.2. The number of hydrogen-bond donors (Lipinski definition) is 9. The lowest BCUT2D eigenvalue weighted by Crippen LogP contribution is -2.04. The number of ether oxygens (including phenoxy) is 1. The molecule has 446 valence electrons. The SMILES string of the molecule is COc1nc2nc(Cl)nc(NCc3ccco3)c2[nH]1.Clc1nc(NCc2ccco2)c2[nH]cnc2n1.Clc1nc(NCc2ccncc2)c2[nH]cnc2n1.Clc1nc(NCc2nccs2)c2[nH]cnc2n1.Clc1nc2c(c(NCc3ccco3)n1)CC=N2. The Balaban J connectivity index is 0.000000114. The molecule has 0 unspecified atom stereocenters. The summed E-state index contributed by atoms with van der Waals surface area (Å²) in [6.07, 6.45) is 17.3. The number of nitrogens with zero attached hydrogens (tertiary/aromatic N) is 17. The molecule has 0 bridgehead atoms. The van der Waals surface area contributed by atoms with Gasteiger partial charge >= 0.3 is 0 Å². The fourth-order valence-electron chi connectivity index (χ4n) is 7.93. The summed E-state index contributed by atoms with van der Waals surface area (Å²) in [5, 5.41) is 19.5. The van der Waals surface area contributed by atoms with Crippen molar-refractivity contribution >= 4 is 155 Å². The molecule has 1 aliphatic heterocycles. The molecule has 0 aromatic carbocycles. The third-order valence-electron chi connectivity index (χ3n) is 11.9. The molecule has 0 amide bonds. The maximum atomic E-state index is 5.86. The van der Waals surface area contributed by atoms with E-state index in [1.54, 1.807) is 73.9 Å². The van der Waals surface area contributed by atoms with Gasteiger partial charge in [0.25, 0.3) is 6.01 Å². The van der Waals surface area contributed by atoms with Crippen LogP contribution in [0.1, 0.15) is 33.4 Å². The van der Waals surface area contributed by atoms with E-state index in [1.807, 2.05) is 53.9 Å². The fourth-order valence-corrected chi connectivity index (χ4v) is 9.30. The molecule has 0 spiro atoms. The van der Waals surface area contributed by atoms with Gasteiger partial charge in [-0.25, -0.2) is 29.9 Å². The van der Waals surface area contributed by atoms with Crippen LogP contribution in [0.4, 0.5) is 34.9 Å². The van der Waals surface area contributed by atoms with E-state index >= 15 is 0 Å². The number of halogens is 5. The minimum atomic E-state index is 0.114. The highest BCUT2D eigenvalue weighted by atomic mass is 35.5. The van der Waals surface area contributed by atoms with Crippen molar-refractivity contribution in [1.29, 1.82) is 0 Å². The Hall–Kier alpha value is -10.2. The zero-order chi connectivity index (χ0) is 60.6. The number of methoxy groups -OCH3 is 1. The summed E-state index contributed by atoms with van der Waals surface area (Å²) in [5.74, 6) is 6.22. The average Bonchev–Trinajstić information content (AvgIpc) is 3.77. The number of thiazole rings is 1. The van der Waals surface area contributed by atoms with Crippen LogP contribution in [0.15, 0.2) is 129 Å². The van der Waals surface area contributed by atoms with Crippen molar-refractivity contribution in [2.24, 2.45) is 4.99 Å². The predicted molar refractivity (Wildman–Crippen MR) is 331 cm³/mol. The van der Waals surface area contributed by atoms with Crippen molar-refractivity contribution in [2.45, 2.75) is 39.1 Å². The molecule has 15 heterocycles. The number of furan rings is 3. The van der Waals surface area contributed by atoms with E-state index in [0.29, 0.717) is 102 Å². The summed E-state index contributed by atoms with van der Waals surface area (Å²) in [6.45, 7) is 2.79. The second kappa shape index (κ2) is 28.8. The van der Waals surface area contributed by atoms with Crippen molar-refractivity contribution in [3.63, 3.8) is 0 Å². The van der Waals surface area contributed by atoms with Crippen LogP contribution in [0.3, 0.4) is 0 Å². The fraction of sp³-hybridized carbons (Fsp3) is 0.135. The summed E-state index contributed by atoms with van der Waals surface area (Å²) in [4.78, 5) is 81.1.